The number of benzene rings is 1. The average Bonchev–Trinajstić information content (AvgIpc) is 2.84. The SMILES string of the molecule is N#CC(C#N)(CCC(F)(F)F)Cc1cc2cc(Cl)ccc2s1. The number of hydrogen-bond donors (Lipinski definition) is 0. The highest BCUT2D eigenvalue weighted by molar-refractivity contribution is 7.19. The Balaban J connectivity index is 2.26. The summed E-state index contributed by atoms with van der Waals surface area (Å²) < 4.78 is 38.1. The Labute approximate surface area is 134 Å². The zero-order chi connectivity index (χ0) is 16.4. The van der Waals surface area contributed by atoms with Gasteiger partial charge in [0.15, 0.2) is 0 Å². The van der Waals surface area contributed by atoms with E-state index >= 15 is 0 Å². The highest BCUT2D eigenvalue weighted by atomic mass is 35.5. The molecule has 2 aromatic rings. The molecule has 0 fully saturated rings. The van der Waals surface area contributed by atoms with Crippen molar-refractivity contribution in [2.75, 3.05) is 0 Å². The van der Waals surface area contributed by atoms with Gasteiger partial charge in [0.1, 0.15) is 5.41 Å². The largest absolute Gasteiger partial charge is 0.389 e. The van der Waals surface area contributed by atoms with E-state index in [2.05, 4.69) is 0 Å². The molecule has 0 saturated carbocycles. The third kappa shape index (κ3) is 3.91. The van der Waals surface area contributed by atoms with Gasteiger partial charge in [0.25, 0.3) is 0 Å². The van der Waals surface area contributed by atoms with Crippen molar-refractivity contribution in [3.05, 3.63) is 34.2 Å². The summed E-state index contributed by atoms with van der Waals surface area (Å²) in [6, 6.07) is 10.6. The van der Waals surface area contributed by atoms with Crippen LogP contribution < -0.4 is 0 Å². The number of alkyl halides is 3. The summed E-state index contributed by atoms with van der Waals surface area (Å²) in [6.45, 7) is 0. The van der Waals surface area contributed by atoms with Crippen LogP contribution in [0.1, 0.15) is 17.7 Å². The monoisotopic (exact) mass is 342 g/mol. The first-order chi connectivity index (χ1) is 10.3. The molecule has 7 heteroatoms. The molecule has 2 rings (SSSR count). The topological polar surface area (TPSA) is 47.6 Å². The lowest BCUT2D eigenvalue weighted by atomic mass is 9.82. The molecule has 0 saturated heterocycles. The van der Waals surface area contributed by atoms with Gasteiger partial charge in [-0.2, -0.15) is 23.7 Å². The van der Waals surface area contributed by atoms with E-state index in [0.717, 1.165) is 10.1 Å². The Morgan fingerprint density at radius 2 is 1.77 bits per heavy atom. The zero-order valence-corrected chi connectivity index (χ0v) is 12.8. The van der Waals surface area contributed by atoms with Crippen molar-refractivity contribution in [3.63, 3.8) is 0 Å². The van der Waals surface area contributed by atoms with Gasteiger partial charge >= 0.3 is 6.18 Å². The molecule has 0 N–H and O–H groups in total. The van der Waals surface area contributed by atoms with E-state index in [9.17, 15) is 23.7 Å². The highest BCUT2D eigenvalue weighted by Gasteiger charge is 2.37. The van der Waals surface area contributed by atoms with Crippen molar-refractivity contribution >= 4 is 33.0 Å². The number of nitriles is 2. The fraction of sp³-hybridized carbons (Fsp3) is 0.333. The van der Waals surface area contributed by atoms with Crippen LogP contribution in [0.4, 0.5) is 13.2 Å². The number of hydrogen-bond acceptors (Lipinski definition) is 3. The molecule has 1 heterocycles. The molecule has 0 atom stereocenters. The molecule has 0 aliphatic heterocycles. The van der Waals surface area contributed by atoms with Gasteiger partial charge in [0, 0.05) is 27.4 Å². The Bertz CT molecular complexity index is 754. The van der Waals surface area contributed by atoms with Crippen LogP contribution in [0.15, 0.2) is 24.3 Å². The van der Waals surface area contributed by atoms with E-state index < -0.39 is 24.4 Å². The third-order valence-corrected chi connectivity index (χ3v) is 4.62. The van der Waals surface area contributed by atoms with Crippen LogP contribution in [0.3, 0.4) is 0 Å². The molecule has 114 valence electrons. The van der Waals surface area contributed by atoms with Crippen molar-refractivity contribution in [2.24, 2.45) is 5.41 Å². The van der Waals surface area contributed by atoms with Crippen LogP contribution in [0.25, 0.3) is 10.1 Å². The molecular weight excluding hydrogens is 333 g/mol. The van der Waals surface area contributed by atoms with Crippen molar-refractivity contribution in [1.29, 1.82) is 10.5 Å². The van der Waals surface area contributed by atoms with Crippen LogP contribution in [-0.2, 0) is 6.42 Å². The van der Waals surface area contributed by atoms with E-state index in [1.165, 1.54) is 11.3 Å². The molecule has 22 heavy (non-hydrogen) atoms. The van der Waals surface area contributed by atoms with Crippen LogP contribution in [-0.4, -0.2) is 6.18 Å². The highest BCUT2D eigenvalue weighted by Crippen LogP contribution is 2.36. The first-order valence-electron chi connectivity index (χ1n) is 6.34. The minimum atomic E-state index is -4.38. The van der Waals surface area contributed by atoms with Crippen molar-refractivity contribution in [2.45, 2.75) is 25.4 Å². The lowest BCUT2D eigenvalue weighted by Crippen LogP contribution is -2.22. The lowest BCUT2D eigenvalue weighted by Gasteiger charge is -2.18. The molecule has 0 unspecified atom stereocenters. The van der Waals surface area contributed by atoms with E-state index in [1.54, 1.807) is 30.3 Å². The standard InChI is InChI=1S/C15H10ClF3N2S/c16-11-1-2-13-10(5-11)6-12(22-13)7-14(8-20,9-21)3-4-15(17,18)19/h1-2,5-6H,3-4,7H2. The second kappa shape index (κ2) is 6.16. The Kier molecular flexibility index (Phi) is 4.65. The maximum Gasteiger partial charge on any atom is 0.389 e. The molecular formula is C15H10ClF3N2S. The maximum absolute atomic E-state index is 12.4. The minimum absolute atomic E-state index is 0.0208. The Hall–Kier alpha value is -1.76. The second-order valence-corrected chi connectivity index (χ2v) is 6.60. The van der Waals surface area contributed by atoms with E-state index in [0.29, 0.717) is 9.90 Å². The van der Waals surface area contributed by atoms with Gasteiger partial charge in [-0.1, -0.05) is 11.6 Å². The molecule has 0 bridgehead atoms. The van der Waals surface area contributed by atoms with Crippen LogP contribution in [0.5, 0.6) is 0 Å². The lowest BCUT2D eigenvalue weighted by molar-refractivity contribution is -0.138. The molecule has 0 spiro atoms. The van der Waals surface area contributed by atoms with Crippen LogP contribution >= 0.6 is 22.9 Å². The number of rotatable bonds is 4. The summed E-state index contributed by atoms with van der Waals surface area (Å²) >= 11 is 7.25. The van der Waals surface area contributed by atoms with Gasteiger partial charge in [0.2, 0.25) is 0 Å². The number of thiophene rings is 1. The van der Waals surface area contributed by atoms with Crippen LogP contribution in [0.2, 0.25) is 5.02 Å². The quantitative estimate of drug-likeness (QED) is 0.739. The molecule has 0 amide bonds. The molecule has 0 aliphatic rings. The fourth-order valence-electron chi connectivity index (χ4n) is 2.11. The smallest absolute Gasteiger partial charge is 0.197 e. The van der Waals surface area contributed by atoms with Gasteiger partial charge < -0.3 is 0 Å². The first kappa shape index (κ1) is 16.6. The molecule has 2 nitrogen and oxygen atoms in total. The molecule has 1 aromatic carbocycles. The van der Waals surface area contributed by atoms with Crippen molar-refractivity contribution in [3.8, 4) is 12.1 Å². The summed E-state index contributed by atoms with van der Waals surface area (Å²) in [5.41, 5.74) is -1.67. The average molecular weight is 343 g/mol. The summed E-state index contributed by atoms with van der Waals surface area (Å²) in [4.78, 5) is 0.697. The normalized spacial score (nSPS) is 12.1. The van der Waals surface area contributed by atoms with Crippen LogP contribution in [0, 0.1) is 28.1 Å². The third-order valence-electron chi connectivity index (χ3n) is 3.27. The second-order valence-electron chi connectivity index (χ2n) is 4.99. The van der Waals surface area contributed by atoms with Gasteiger partial charge in [-0.05, 0) is 36.1 Å². The molecule has 0 aliphatic carbocycles. The number of fused-ring (bicyclic) bond motifs is 1. The maximum atomic E-state index is 12.4. The molecule has 0 radical (unpaired) electrons. The first-order valence-corrected chi connectivity index (χ1v) is 7.54. The van der Waals surface area contributed by atoms with Crippen molar-refractivity contribution < 1.29 is 13.2 Å². The van der Waals surface area contributed by atoms with Gasteiger partial charge in [-0.25, -0.2) is 0 Å². The molecule has 1 aromatic heterocycles. The van der Waals surface area contributed by atoms with Gasteiger partial charge in [-0.15, -0.1) is 11.3 Å². The predicted molar refractivity (Wildman–Crippen MR) is 79.5 cm³/mol. The van der Waals surface area contributed by atoms with E-state index in [-0.39, 0.29) is 6.42 Å². The summed E-state index contributed by atoms with van der Waals surface area (Å²) in [5.74, 6) is 0. The van der Waals surface area contributed by atoms with E-state index in [1.807, 2.05) is 6.07 Å². The summed E-state index contributed by atoms with van der Waals surface area (Å²) in [6.07, 6.45) is -6.08. The fourth-order valence-corrected chi connectivity index (χ4v) is 3.45. The van der Waals surface area contributed by atoms with Crippen molar-refractivity contribution in [1.82, 2.24) is 0 Å². The Morgan fingerprint density at radius 3 is 2.36 bits per heavy atom. The van der Waals surface area contributed by atoms with Gasteiger partial charge in [-0.3, -0.25) is 0 Å². The van der Waals surface area contributed by atoms with E-state index in [4.69, 9.17) is 11.6 Å². The number of halogens is 4. The summed E-state index contributed by atoms with van der Waals surface area (Å²) in [7, 11) is 0. The van der Waals surface area contributed by atoms with Gasteiger partial charge in [0.05, 0.1) is 12.1 Å². The predicted octanol–water partition coefficient (Wildman–Crippen LogP) is 5.47. The summed E-state index contributed by atoms with van der Waals surface area (Å²) in [5, 5.41) is 19.8. The zero-order valence-electron chi connectivity index (χ0n) is 11.2. The number of nitrogens with zero attached hydrogens (tertiary/aromatic N) is 2. The Morgan fingerprint density at radius 1 is 1.09 bits per heavy atom. The minimum Gasteiger partial charge on any atom is -0.197 e.